The van der Waals surface area contributed by atoms with Gasteiger partial charge in [0.2, 0.25) is 0 Å². The highest BCUT2D eigenvalue weighted by molar-refractivity contribution is 6.02. The summed E-state index contributed by atoms with van der Waals surface area (Å²) in [7, 11) is 1.47. The van der Waals surface area contributed by atoms with E-state index in [-0.39, 0.29) is 23.6 Å². The first kappa shape index (κ1) is 23.0. The lowest BCUT2D eigenvalue weighted by molar-refractivity contribution is -0.142. The number of methoxy groups -OCH3 is 1. The molecular formula is C23H17F4N3O4. The second kappa shape index (κ2) is 9.00. The van der Waals surface area contributed by atoms with E-state index in [4.69, 9.17) is 14.0 Å². The van der Waals surface area contributed by atoms with E-state index in [1.165, 1.54) is 19.2 Å². The Labute approximate surface area is 190 Å². The summed E-state index contributed by atoms with van der Waals surface area (Å²) < 4.78 is 72.1. The van der Waals surface area contributed by atoms with E-state index in [2.05, 4.69) is 10.3 Å². The van der Waals surface area contributed by atoms with Gasteiger partial charge in [-0.25, -0.2) is 13.9 Å². The number of nitrogens with zero attached hydrogens (tertiary/aromatic N) is 3. The van der Waals surface area contributed by atoms with Crippen LogP contribution in [0.1, 0.15) is 23.0 Å². The number of esters is 1. The maximum Gasteiger partial charge on any atom is 0.434 e. The summed E-state index contributed by atoms with van der Waals surface area (Å²) in [6, 6.07) is 10.9. The van der Waals surface area contributed by atoms with E-state index >= 15 is 0 Å². The molecule has 0 atom stereocenters. The third-order valence-corrected chi connectivity index (χ3v) is 4.87. The van der Waals surface area contributed by atoms with Gasteiger partial charge in [-0.15, -0.1) is 0 Å². The largest absolute Gasteiger partial charge is 0.497 e. The van der Waals surface area contributed by atoms with Crippen LogP contribution < -0.4 is 4.74 Å². The van der Waals surface area contributed by atoms with Crippen LogP contribution in [0.2, 0.25) is 0 Å². The Balaban J connectivity index is 1.94. The molecule has 11 heteroatoms. The predicted octanol–water partition coefficient (Wildman–Crippen LogP) is 5.54. The Morgan fingerprint density at radius 3 is 2.50 bits per heavy atom. The molecule has 4 aromatic rings. The summed E-state index contributed by atoms with van der Waals surface area (Å²) in [6.07, 6.45) is -4.05. The number of carbonyl (C=O) groups is 1. The van der Waals surface area contributed by atoms with Crippen molar-refractivity contribution in [1.82, 2.24) is 14.9 Å². The van der Waals surface area contributed by atoms with Crippen LogP contribution >= 0.6 is 0 Å². The molecule has 4 rings (SSSR count). The Morgan fingerprint density at radius 2 is 1.88 bits per heavy atom. The first-order valence-electron chi connectivity index (χ1n) is 9.97. The van der Waals surface area contributed by atoms with Gasteiger partial charge >= 0.3 is 12.1 Å². The van der Waals surface area contributed by atoms with Gasteiger partial charge in [-0.2, -0.15) is 18.3 Å². The number of alkyl halides is 3. The van der Waals surface area contributed by atoms with Crippen molar-refractivity contribution < 1.29 is 36.4 Å². The number of rotatable bonds is 6. The van der Waals surface area contributed by atoms with Crippen LogP contribution in [0.25, 0.3) is 28.3 Å². The maximum absolute atomic E-state index is 14.2. The van der Waals surface area contributed by atoms with Gasteiger partial charge in [0.1, 0.15) is 22.8 Å². The van der Waals surface area contributed by atoms with Crippen molar-refractivity contribution in [3.05, 3.63) is 71.8 Å². The Bertz CT molecular complexity index is 1330. The van der Waals surface area contributed by atoms with E-state index in [1.807, 2.05) is 0 Å². The lowest BCUT2D eigenvalue weighted by atomic mass is 10.0. The molecule has 0 amide bonds. The van der Waals surface area contributed by atoms with Crippen LogP contribution in [0.15, 0.2) is 59.3 Å². The summed E-state index contributed by atoms with van der Waals surface area (Å²) in [5.74, 6) is -1.60. The molecule has 0 aliphatic heterocycles. The zero-order valence-corrected chi connectivity index (χ0v) is 17.9. The second-order valence-electron chi connectivity index (χ2n) is 6.98. The third-order valence-electron chi connectivity index (χ3n) is 4.87. The molecule has 2 aromatic carbocycles. The third kappa shape index (κ3) is 4.24. The monoisotopic (exact) mass is 475 g/mol. The topological polar surface area (TPSA) is 79.4 Å². The molecular weight excluding hydrogens is 458 g/mol. The Morgan fingerprint density at radius 1 is 1.15 bits per heavy atom. The fourth-order valence-electron chi connectivity index (χ4n) is 3.40. The lowest BCUT2D eigenvalue weighted by Crippen LogP contribution is -2.15. The van der Waals surface area contributed by atoms with Gasteiger partial charge in [0, 0.05) is 5.56 Å². The highest BCUT2D eigenvalue weighted by Gasteiger charge is 2.42. The maximum atomic E-state index is 14.2. The van der Waals surface area contributed by atoms with Gasteiger partial charge < -0.3 is 14.0 Å². The summed E-state index contributed by atoms with van der Waals surface area (Å²) >= 11 is 0. The van der Waals surface area contributed by atoms with E-state index in [0.717, 1.165) is 18.3 Å². The van der Waals surface area contributed by atoms with Crippen molar-refractivity contribution in [3.63, 3.8) is 0 Å². The number of halogens is 4. The lowest BCUT2D eigenvalue weighted by Gasteiger charge is -2.12. The van der Waals surface area contributed by atoms with Crippen LogP contribution in [0.4, 0.5) is 17.6 Å². The van der Waals surface area contributed by atoms with Gasteiger partial charge in [0.05, 0.1) is 31.2 Å². The highest BCUT2D eigenvalue weighted by Crippen LogP contribution is 2.42. The molecule has 34 heavy (non-hydrogen) atoms. The molecule has 176 valence electrons. The van der Waals surface area contributed by atoms with Crippen LogP contribution in [-0.4, -0.2) is 34.6 Å². The average molecular weight is 475 g/mol. The SMILES string of the molecule is CCOC(=O)c1c(-c2ccc(OC)cc2)noc1-c1cnn(-c2cccc(F)c2)c1C(F)(F)F. The number of carbonyl (C=O) groups excluding carboxylic acids is 1. The molecule has 0 bridgehead atoms. The first-order valence-corrected chi connectivity index (χ1v) is 9.97. The van der Waals surface area contributed by atoms with Crippen LogP contribution in [0.3, 0.4) is 0 Å². The number of aromatic nitrogens is 3. The summed E-state index contributed by atoms with van der Waals surface area (Å²) in [5, 5.41) is 7.65. The highest BCUT2D eigenvalue weighted by atomic mass is 19.4. The summed E-state index contributed by atoms with van der Waals surface area (Å²) in [6.45, 7) is 1.53. The van der Waals surface area contributed by atoms with E-state index in [1.54, 1.807) is 31.2 Å². The van der Waals surface area contributed by atoms with Crippen LogP contribution in [0, 0.1) is 5.82 Å². The van der Waals surface area contributed by atoms with E-state index in [0.29, 0.717) is 16.0 Å². The minimum atomic E-state index is -4.93. The normalized spacial score (nSPS) is 11.5. The van der Waals surface area contributed by atoms with Crippen LogP contribution in [-0.2, 0) is 10.9 Å². The molecule has 0 radical (unpaired) electrons. The number of benzene rings is 2. The summed E-state index contributed by atoms with van der Waals surface area (Å²) in [4.78, 5) is 12.8. The zero-order chi connectivity index (χ0) is 24.5. The van der Waals surface area contributed by atoms with Gasteiger partial charge in [-0.05, 0) is 49.4 Å². The van der Waals surface area contributed by atoms with Crippen molar-refractivity contribution in [2.75, 3.05) is 13.7 Å². The molecule has 0 aliphatic carbocycles. The van der Waals surface area contributed by atoms with Crippen molar-refractivity contribution in [1.29, 1.82) is 0 Å². The van der Waals surface area contributed by atoms with Crippen molar-refractivity contribution in [2.24, 2.45) is 0 Å². The fourth-order valence-corrected chi connectivity index (χ4v) is 3.40. The number of hydrogen-bond donors (Lipinski definition) is 0. The number of hydrogen-bond acceptors (Lipinski definition) is 6. The molecule has 2 aromatic heterocycles. The smallest absolute Gasteiger partial charge is 0.434 e. The number of ether oxygens (including phenoxy) is 2. The van der Waals surface area contributed by atoms with Crippen molar-refractivity contribution >= 4 is 5.97 Å². The molecule has 0 fully saturated rings. The quantitative estimate of drug-likeness (QED) is 0.269. The Kier molecular flexibility index (Phi) is 6.10. The predicted molar refractivity (Wildman–Crippen MR) is 112 cm³/mol. The van der Waals surface area contributed by atoms with Crippen molar-refractivity contribution in [3.8, 4) is 34.0 Å². The molecule has 0 unspecified atom stereocenters. The fraction of sp³-hybridized carbons (Fsp3) is 0.174. The molecule has 2 heterocycles. The van der Waals surface area contributed by atoms with Crippen molar-refractivity contribution in [2.45, 2.75) is 13.1 Å². The molecule has 0 saturated carbocycles. The molecule has 0 aliphatic rings. The van der Waals surface area contributed by atoms with Crippen LogP contribution in [0.5, 0.6) is 5.75 Å². The minimum Gasteiger partial charge on any atom is -0.497 e. The zero-order valence-electron chi connectivity index (χ0n) is 17.9. The molecule has 0 N–H and O–H groups in total. The van der Waals surface area contributed by atoms with Gasteiger partial charge in [0.15, 0.2) is 11.5 Å². The first-order chi connectivity index (χ1) is 16.2. The van der Waals surface area contributed by atoms with Gasteiger partial charge in [-0.3, -0.25) is 0 Å². The van der Waals surface area contributed by atoms with E-state index in [9.17, 15) is 22.4 Å². The molecule has 0 spiro atoms. The van der Waals surface area contributed by atoms with Gasteiger partial charge in [-0.1, -0.05) is 11.2 Å². The summed E-state index contributed by atoms with van der Waals surface area (Å²) in [5.41, 5.74) is -1.89. The standard InChI is InChI=1S/C23H17F4N3O4/c1-3-33-22(31)18-19(13-7-9-16(32-2)10-8-13)29-34-20(18)17-12-28-30(21(17)23(25,26)27)15-6-4-5-14(24)11-15/h4-12H,3H2,1-2H3. The second-order valence-corrected chi connectivity index (χ2v) is 6.98. The molecule has 7 nitrogen and oxygen atoms in total. The van der Waals surface area contributed by atoms with E-state index < -0.39 is 35.0 Å². The minimum absolute atomic E-state index is 0.0114. The van der Waals surface area contributed by atoms with Gasteiger partial charge in [0.25, 0.3) is 0 Å². The molecule has 0 saturated heterocycles. The Hall–Kier alpha value is -4.15. The average Bonchev–Trinajstić information content (AvgIpc) is 3.44.